The normalized spacial score (nSPS) is 13.1. The van der Waals surface area contributed by atoms with Crippen LogP contribution in [0.3, 0.4) is 0 Å². The summed E-state index contributed by atoms with van der Waals surface area (Å²) in [7, 11) is -4.22. The second-order valence-corrected chi connectivity index (χ2v) is 6.30. The predicted octanol–water partition coefficient (Wildman–Crippen LogP) is 3.04. The molecule has 0 aliphatic rings. The van der Waals surface area contributed by atoms with E-state index in [1.165, 1.54) is 12.1 Å². The summed E-state index contributed by atoms with van der Waals surface area (Å²) in [5.41, 5.74) is 0. The summed E-state index contributed by atoms with van der Waals surface area (Å²) in [6, 6.07) is 9.12. The molecule has 21 heavy (non-hydrogen) atoms. The molecular weight excluding hydrogens is 292 g/mol. The molecule has 112 valence electrons. The summed E-state index contributed by atoms with van der Waals surface area (Å²) >= 11 is 0. The molecule has 1 unspecified atom stereocenters. The quantitative estimate of drug-likeness (QED) is 0.533. The molecule has 0 saturated carbocycles. The molecule has 2 aromatic carbocycles. The second kappa shape index (κ2) is 5.83. The molecule has 0 fully saturated rings. The van der Waals surface area contributed by atoms with Crippen LogP contribution in [-0.2, 0) is 14.9 Å². The summed E-state index contributed by atoms with van der Waals surface area (Å²) in [6.07, 6.45) is 0.699. The minimum absolute atomic E-state index is 0.167. The monoisotopic (exact) mass is 308 g/mol. The van der Waals surface area contributed by atoms with Crippen molar-refractivity contribution in [1.82, 2.24) is 0 Å². The van der Waals surface area contributed by atoms with Gasteiger partial charge in [0.2, 0.25) is 0 Å². The van der Waals surface area contributed by atoms with Crippen LogP contribution < -0.4 is 4.74 Å². The third kappa shape index (κ3) is 3.59. The van der Waals surface area contributed by atoms with Gasteiger partial charge in [-0.15, -0.1) is 0 Å². The van der Waals surface area contributed by atoms with Crippen molar-refractivity contribution in [2.45, 2.75) is 25.2 Å². The highest BCUT2D eigenvalue weighted by Gasteiger charge is 2.14. The third-order valence-corrected chi connectivity index (χ3v) is 4.16. The van der Waals surface area contributed by atoms with E-state index in [9.17, 15) is 13.2 Å². The topological polar surface area (TPSA) is 80.7 Å². The SMILES string of the molecule is CCC(C)C(=O)Oc1ccc2cc(S(=O)(=O)O)ccc2c1. The van der Waals surface area contributed by atoms with Crippen molar-refractivity contribution in [3.63, 3.8) is 0 Å². The smallest absolute Gasteiger partial charge is 0.314 e. The molecule has 0 heterocycles. The van der Waals surface area contributed by atoms with Crippen LogP contribution in [0.1, 0.15) is 20.3 Å². The first kappa shape index (κ1) is 15.5. The van der Waals surface area contributed by atoms with Crippen molar-refractivity contribution in [1.29, 1.82) is 0 Å². The van der Waals surface area contributed by atoms with Crippen LogP contribution in [-0.4, -0.2) is 18.9 Å². The Kier molecular flexibility index (Phi) is 4.29. The number of esters is 1. The average molecular weight is 308 g/mol. The summed E-state index contributed by atoms with van der Waals surface area (Å²) in [5, 5.41) is 1.35. The Bertz CT molecular complexity index is 780. The zero-order chi connectivity index (χ0) is 15.6. The van der Waals surface area contributed by atoms with Crippen molar-refractivity contribution < 1.29 is 22.5 Å². The van der Waals surface area contributed by atoms with E-state index < -0.39 is 10.1 Å². The summed E-state index contributed by atoms with van der Waals surface area (Å²) in [6.45, 7) is 3.70. The van der Waals surface area contributed by atoms with E-state index in [1.54, 1.807) is 31.2 Å². The molecule has 2 aromatic rings. The predicted molar refractivity (Wildman–Crippen MR) is 78.9 cm³/mol. The molecule has 0 aliphatic heterocycles. The lowest BCUT2D eigenvalue weighted by Gasteiger charge is -2.09. The third-order valence-electron chi connectivity index (χ3n) is 3.31. The lowest BCUT2D eigenvalue weighted by molar-refractivity contribution is -0.138. The van der Waals surface area contributed by atoms with Crippen LogP contribution in [0.2, 0.25) is 0 Å². The first-order valence-corrected chi connectivity index (χ1v) is 7.98. The molecule has 0 aliphatic carbocycles. The Labute approximate surface area is 123 Å². The first-order valence-electron chi connectivity index (χ1n) is 6.54. The van der Waals surface area contributed by atoms with Crippen molar-refractivity contribution in [2.75, 3.05) is 0 Å². The molecule has 0 radical (unpaired) electrons. The molecule has 2 rings (SSSR count). The number of hydrogen-bond acceptors (Lipinski definition) is 4. The zero-order valence-electron chi connectivity index (χ0n) is 11.7. The second-order valence-electron chi connectivity index (χ2n) is 4.88. The standard InChI is InChI=1S/C15H16O5S/c1-3-10(2)15(16)20-13-6-4-12-9-14(21(17,18)19)7-5-11(12)8-13/h4-10H,3H2,1-2H3,(H,17,18,19). The lowest BCUT2D eigenvalue weighted by atomic mass is 10.1. The van der Waals surface area contributed by atoms with E-state index >= 15 is 0 Å². The average Bonchev–Trinajstić information content (AvgIpc) is 2.44. The van der Waals surface area contributed by atoms with E-state index in [0.717, 1.165) is 5.39 Å². The fourth-order valence-corrected chi connectivity index (χ4v) is 2.33. The van der Waals surface area contributed by atoms with E-state index in [2.05, 4.69) is 0 Å². The molecule has 0 aromatic heterocycles. The Morgan fingerprint density at radius 2 is 1.81 bits per heavy atom. The van der Waals surface area contributed by atoms with Gasteiger partial charge in [0.25, 0.3) is 10.1 Å². The number of rotatable bonds is 4. The van der Waals surface area contributed by atoms with Crippen LogP contribution in [0.15, 0.2) is 41.3 Å². The van der Waals surface area contributed by atoms with Gasteiger partial charge < -0.3 is 4.74 Å². The maximum Gasteiger partial charge on any atom is 0.314 e. The van der Waals surface area contributed by atoms with Crippen molar-refractivity contribution in [2.24, 2.45) is 5.92 Å². The van der Waals surface area contributed by atoms with Gasteiger partial charge in [0, 0.05) is 0 Å². The van der Waals surface area contributed by atoms with Gasteiger partial charge in [0.05, 0.1) is 10.8 Å². The molecule has 6 heteroatoms. The molecule has 1 N–H and O–H groups in total. The van der Waals surface area contributed by atoms with E-state index in [0.29, 0.717) is 17.6 Å². The van der Waals surface area contributed by atoms with Crippen LogP contribution in [0.25, 0.3) is 10.8 Å². The molecule has 5 nitrogen and oxygen atoms in total. The minimum atomic E-state index is -4.22. The number of ether oxygens (including phenoxy) is 1. The molecule has 0 spiro atoms. The summed E-state index contributed by atoms with van der Waals surface area (Å²) in [5.74, 6) is -0.0681. The van der Waals surface area contributed by atoms with Gasteiger partial charge in [0.15, 0.2) is 0 Å². The van der Waals surface area contributed by atoms with E-state index in [-0.39, 0.29) is 16.8 Å². The number of carbonyl (C=O) groups excluding carboxylic acids is 1. The van der Waals surface area contributed by atoms with Gasteiger partial charge in [-0.2, -0.15) is 8.42 Å². The van der Waals surface area contributed by atoms with Gasteiger partial charge >= 0.3 is 5.97 Å². The molecule has 0 saturated heterocycles. The summed E-state index contributed by atoms with van der Waals surface area (Å²) < 4.78 is 36.4. The highest BCUT2D eigenvalue weighted by molar-refractivity contribution is 7.85. The Hall–Kier alpha value is -1.92. The van der Waals surface area contributed by atoms with Crippen molar-refractivity contribution in [3.8, 4) is 5.75 Å². The van der Waals surface area contributed by atoms with Crippen LogP contribution in [0.5, 0.6) is 5.75 Å². The summed E-state index contributed by atoms with van der Waals surface area (Å²) in [4.78, 5) is 11.6. The van der Waals surface area contributed by atoms with Crippen LogP contribution in [0.4, 0.5) is 0 Å². The van der Waals surface area contributed by atoms with Gasteiger partial charge in [-0.1, -0.05) is 26.0 Å². The van der Waals surface area contributed by atoms with Crippen LogP contribution >= 0.6 is 0 Å². The largest absolute Gasteiger partial charge is 0.426 e. The Balaban J connectivity index is 2.33. The Morgan fingerprint density at radius 1 is 1.19 bits per heavy atom. The number of carbonyl (C=O) groups is 1. The van der Waals surface area contributed by atoms with E-state index in [4.69, 9.17) is 9.29 Å². The van der Waals surface area contributed by atoms with Crippen molar-refractivity contribution >= 4 is 26.9 Å². The highest BCUT2D eigenvalue weighted by Crippen LogP contribution is 2.24. The maximum absolute atomic E-state index is 11.7. The molecule has 0 bridgehead atoms. The first-order chi connectivity index (χ1) is 9.81. The van der Waals surface area contributed by atoms with Gasteiger partial charge in [-0.3, -0.25) is 9.35 Å². The van der Waals surface area contributed by atoms with Crippen LogP contribution in [0, 0.1) is 5.92 Å². The minimum Gasteiger partial charge on any atom is -0.426 e. The lowest BCUT2D eigenvalue weighted by Crippen LogP contribution is -2.16. The van der Waals surface area contributed by atoms with Crippen molar-refractivity contribution in [3.05, 3.63) is 36.4 Å². The van der Waals surface area contributed by atoms with Gasteiger partial charge in [0.1, 0.15) is 5.75 Å². The zero-order valence-corrected chi connectivity index (χ0v) is 12.6. The van der Waals surface area contributed by atoms with Gasteiger partial charge in [-0.05, 0) is 41.5 Å². The number of hydrogen-bond donors (Lipinski definition) is 1. The fraction of sp³-hybridized carbons (Fsp3) is 0.267. The molecular formula is C15H16O5S. The molecule has 0 amide bonds. The van der Waals surface area contributed by atoms with Gasteiger partial charge in [-0.25, -0.2) is 0 Å². The number of benzene rings is 2. The highest BCUT2D eigenvalue weighted by atomic mass is 32.2. The van der Waals surface area contributed by atoms with E-state index in [1.807, 2.05) is 6.92 Å². The molecule has 1 atom stereocenters. The maximum atomic E-state index is 11.7. The fourth-order valence-electron chi connectivity index (χ4n) is 1.81. The Morgan fingerprint density at radius 3 is 2.43 bits per heavy atom. The number of fused-ring (bicyclic) bond motifs is 1.